The Bertz CT molecular complexity index is 190. The van der Waals surface area contributed by atoms with E-state index in [1.165, 1.54) is 0 Å². The number of nitrogens with zero attached hydrogens (tertiary/aromatic N) is 1. The minimum atomic E-state index is -0.164. The van der Waals surface area contributed by atoms with Crippen molar-refractivity contribution < 1.29 is 9.47 Å². The van der Waals surface area contributed by atoms with Crippen molar-refractivity contribution >= 4 is 0 Å². The molecule has 0 heterocycles. The van der Waals surface area contributed by atoms with Crippen LogP contribution in [0.1, 0.15) is 6.42 Å². The molecule has 1 aliphatic rings. The zero-order chi connectivity index (χ0) is 9.14. The molecule has 4 heteroatoms. The van der Waals surface area contributed by atoms with Gasteiger partial charge in [-0.15, -0.1) is 0 Å². The molecule has 0 amide bonds. The highest BCUT2D eigenvalue weighted by Crippen LogP contribution is 2.26. The molecular weight excluding hydrogens is 156 g/mol. The fourth-order valence-corrected chi connectivity index (χ4v) is 1.74. The fourth-order valence-electron chi connectivity index (χ4n) is 1.74. The van der Waals surface area contributed by atoms with Gasteiger partial charge in [-0.25, -0.2) is 6.57 Å². The third-order valence-electron chi connectivity index (χ3n) is 2.35. The van der Waals surface area contributed by atoms with Crippen LogP contribution in [0.15, 0.2) is 0 Å². The normalized spacial score (nSPS) is 41.2. The molecule has 0 bridgehead atoms. The molecule has 1 saturated carbocycles. The minimum Gasteiger partial charge on any atom is -0.377 e. The van der Waals surface area contributed by atoms with Crippen LogP contribution in [-0.2, 0) is 9.47 Å². The zero-order valence-electron chi connectivity index (χ0n) is 7.36. The second-order valence-electron chi connectivity index (χ2n) is 3.00. The maximum Gasteiger partial charge on any atom is 0.253 e. The molecule has 0 aromatic carbocycles. The molecule has 0 aromatic heterocycles. The second-order valence-corrected chi connectivity index (χ2v) is 3.00. The minimum absolute atomic E-state index is 0.0703. The van der Waals surface area contributed by atoms with E-state index in [0.29, 0.717) is 6.42 Å². The van der Waals surface area contributed by atoms with Gasteiger partial charge >= 0.3 is 0 Å². The first kappa shape index (κ1) is 9.46. The van der Waals surface area contributed by atoms with Crippen molar-refractivity contribution in [2.75, 3.05) is 14.2 Å². The maximum atomic E-state index is 6.92. The van der Waals surface area contributed by atoms with E-state index >= 15 is 0 Å². The van der Waals surface area contributed by atoms with Gasteiger partial charge in [-0.05, 0) is 0 Å². The second kappa shape index (κ2) is 3.85. The maximum absolute atomic E-state index is 6.92. The molecule has 0 saturated heterocycles. The van der Waals surface area contributed by atoms with Gasteiger partial charge in [0.1, 0.15) is 6.10 Å². The molecule has 0 unspecified atom stereocenters. The van der Waals surface area contributed by atoms with Crippen LogP contribution in [0.3, 0.4) is 0 Å². The van der Waals surface area contributed by atoms with Crippen LogP contribution in [0.2, 0.25) is 0 Å². The molecule has 2 N–H and O–H groups in total. The van der Waals surface area contributed by atoms with E-state index in [4.69, 9.17) is 21.8 Å². The molecule has 4 nitrogen and oxygen atoms in total. The molecular formula is C8H14N2O2. The Morgan fingerprint density at radius 2 is 1.92 bits per heavy atom. The van der Waals surface area contributed by atoms with Crippen LogP contribution >= 0.6 is 0 Å². The van der Waals surface area contributed by atoms with Gasteiger partial charge in [0.15, 0.2) is 6.10 Å². The van der Waals surface area contributed by atoms with Crippen LogP contribution < -0.4 is 5.73 Å². The fraction of sp³-hybridized carbons (Fsp3) is 0.875. The first-order chi connectivity index (χ1) is 5.74. The summed E-state index contributed by atoms with van der Waals surface area (Å²) in [6.07, 6.45) is 0.372. The monoisotopic (exact) mass is 170 g/mol. The molecule has 0 radical (unpaired) electrons. The van der Waals surface area contributed by atoms with Crippen LogP contribution in [0, 0.1) is 6.57 Å². The predicted molar refractivity (Wildman–Crippen MR) is 44.6 cm³/mol. The van der Waals surface area contributed by atoms with Crippen LogP contribution in [0.25, 0.3) is 4.85 Å². The standard InChI is InChI=1S/C8H14N2O2/c1-10-6-4-5(9)7(11-2)8(6)12-3/h5-8H,4,9H2,2-3H3/t5-,6+,7+,8-/m1/s1. The lowest BCUT2D eigenvalue weighted by Gasteiger charge is -2.18. The van der Waals surface area contributed by atoms with Crippen molar-refractivity contribution in [3.05, 3.63) is 11.4 Å². The molecule has 68 valence electrons. The summed E-state index contributed by atoms with van der Waals surface area (Å²) in [5, 5.41) is 0. The Labute approximate surface area is 72.5 Å². The third kappa shape index (κ3) is 1.44. The Morgan fingerprint density at radius 1 is 1.33 bits per heavy atom. The van der Waals surface area contributed by atoms with Crippen LogP contribution in [0.5, 0.6) is 0 Å². The summed E-state index contributed by atoms with van der Waals surface area (Å²) >= 11 is 0. The Kier molecular flexibility index (Phi) is 3.04. The molecule has 4 atom stereocenters. The van der Waals surface area contributed by atoms with Gasteiger partial charge in [0, 0.05) is 26.7 Å². The average molecular weight is 170 g/mol. The van der Waals surface area contributed by atoms with Gasteiger partial charge in [-0.3, -0.25) is 0 Å². The summed E-state index contributed by atoms with van der Waals surface area (Å²) in [5.74, 6) is 0. The molecule has 12 heavy (non-hydrogen) atoms. The summed E-state index contributed by atoms with van der Waals surface area (Å²) < 4.78 is 10.3. The topological polar surface area (TPSA) is 48.8 Å². The van der Waals surface area contributed by atoms with Crippen molar-refractivity contribution in [1.29, 1.82) is 0 Å². The zero-order valence-corrected chi connectivity index (χ0v) is 7.36. The van der Waals surface area contributed by atoms with Gasteiger partial charge in [-0.2, -0.15) is 0 Å². The number of hydrogen-bond acceptors (Lipinski definition) is 3. The van der Waals surface area contributed by atoms with E-state index in [9.17, 15) is 0 Å². The molecule has 1 aliphatic carbocycles. The van der Waals surface area contributed by atoms with Gasteiger partial charge in [-0.1, -0.05) is 0 Å². The van der Waals surface area contributed by atoms with Gasteiger partial charge < -0.3 is 20.1 Å². The Morgan fingerprint density at radius 3 is 2.33 bits per heavy atom. The van der Waals surface area contributed by atoms with Crippen molar-refractivity contribution in [2.45, 2.75) is 30.7 Å². The highest BCUT2D eigenvalue weighted by molar-refractivity contribution is 5.04. The quantitative estimate of drug-likeness (QED) is 0.595. The van der Waals surface area contributed by atoms with Crippen molar-refractivity contribution in [3.8, 4) is 0 Å². The van der Waals surface area contributed by atoms with E-state index < -0.39 is 0 Å². The number of rotatable bonds is 2. The molecule has 0 aliphatic heterocycles. The first-order valence-corrected chi connectivity index (χ1v) is 3.92. The number of nitrogens with two attached hydrogens (primary N) is 1. The van der Waals surface area contributed by atoms with Gasteiger partial charge in [0.2, 0.25) is 0 Å². The number of hydrogen-bond donors (Lipinski definition) is 1. The van der Waals surface area contributed by atoms with Crippen LogP contribution in [0.4, 0.5) is 0 Å². The average Bonchev–Trinajstić information content (AvgIpc) is 2.40. The first-order valence-electron chi connectivity index (χ1n) is 3.92. The van der Waals surface area contributed by atoms with Crippen LogP contribution in [-0.4, -0.2) is 38.5 Å². The van der Waals surface area contributed by atoms with Crippen molar-refractivity contribution in [1.82, 2.24) is 0 Å². The summed E-state index contributed by atoms with van der Waals surface area (Å²) in [5.41, 5.74) is 5.77. The summed E-state index contributed by atoms with van der Waals surface area (Å²) in [4.78, 5) is 3.45. The van der Waals surface area contributed by atoms with E-state index in [0.717, 1.165) is 0 Å². The lowest BCUT2D eigenvalue weighted by molar-refractivity contribution is -0.0233. The van der Waals surface area contributed by atoms with Gasteiger partial charge in [0.05, 0.1) is 0 Å². The summed E-state index contributed by atoms with van der Waals surface area (Å²) in [7, 11) is 3.19. The lowest BCUT2D eigenvalue weighted by atomic mass is 10.2. The highest BCUT2D eigenvalue weighted by atomic mass is 16.5. The Balaban J connectivity index is 2.69. The lowest BCUT2D eigenvalue weighted by Crippen LogP contribution is -2.38. The van der Waals surface area contributed by atoms with E-state index in [2.05, 4.69) is 4.85 Å². The summed E-state index contributed by atoms with van der Waals surface area (Å²) in [6.45, 7) is 6.92. The largest absolute Gasteiger partial charge is 0.377 e. The molecule has 1 rings (SSSR count). The molecule has 0 aromatic rings. The highest BCUT2D eigenvalue weighted by Gasteiger charge is 2.46. The third-order valence-corrected chi connectivity index (χ3v) is 2.35. The SMILES string of the molecule is [C-]#[N+][C@H]1C[C@@H](N)[C@H](OC)[C@@H]1OC. The van der Waals surface area contributed by atoms with Crippen molar-refractivity contribution in [3.63, 3.8) is 0 Å². The Hall–Kier alpha value is -0.630. The van der Waals surface area contributed by atoms with Gasteiger partial charge in [0.25, 0.3) is 6.04 Å². The van der Waals surface area contributed by atoms with E-state index in [1.54, 1.807) is 14.2 Å². The van der Waals surface area contributed by atoms with E-state index in [1.807, 2.05) is 0 Å². The van der Waals surface area contributed by atoms with Crippen molar-refractivity contribution in [2.24, 2.45) is 5.73 Å². The smallest absolute Gasteiger partial charge is 0.253 e. The summed E-state index contributed by atoms with van der Waals surface area (Å²) in [6, 6.07) is -0.214. The predicted octanol–water partition coefficient (Wildman–Crippen LogP) is 0.0353. The van der Waals surface area contributed by atoms with E-state index in [-0.39, 0.29) is 24.3 Å². The molecule has 1 fully saturated rings. The molecule has 0 spiro atoms. The number of ether oxygens (including phenoxy) is 2. The number of methoxy groups -OCH3 is 2.